The monoisotopic (exact) mass is 260 g/mol. The minimum Gasteiger partial charge on any atom is -0.497 e. The number of nitrogens with zero attached hydrogens (tertiary/aromatic N) is 1. The third kappa shape index (κ3) is 2.92. The van der Waals surface area contributed by atoms with E-state index >= 15 is 0 Å². The number of nitrogens with two attached hydrogens (primary N) is 1. The predicted molar refractivity (Wildman–Crippen MR) is 70.6 cm³/mol. The molecule has 2 rings (SSSR count). The smallest absolute Gasteiger partial charge is 0.292 e. The average molecular weight is 260 g/mol. The Balaban J connectivity index is 2.18. The second kappa shape index (κ2) is 5.26. The van der Waals surface area contributed by atoms with Gasteiger partial charge in [0.05, 0.1) is 12.0 Å². The summed E-state index contributed by atoms with van der Waals surface area (Å²) in [7, 11) is 1.58. The Hall–Kier alpha value is -2.76. The first-order valence-corrected chi connectivity index (χ1v) is 5.46. The van der Waals surface area contributed by atoms with E-state index in [0.29, 0.717) is 11.5 Å². The molecular formula is C13H12N2O4. The molecule has 2 N–H and O–H groups in total. The van der Waals surface area contributed by atoms with Crippen molar-refractivity contribution in [1.29, 1.82) is 0 Å². The van der Waals surface area contributed by atoms with Crippen LogP contribution in [0.2, 0.25) is 0 Å². The largest absolute Gasteiger partial charge is 0.497 e. The Kier molecular flexibility index (Phi) is 3.51. The molecule has 0 unspecified atom stereocenters. The van der Waals surface area contributed by atoms with Crippen LogP contribution in [0, 0.1) is 10.1 Å². The van der Waals surface area contributed by atoms with Crippen molar-refractivity contribution in [2.24, 2.45) is 0 Å². The molecule has 0 aliphatic rings. The highest BCUT2D eigenvalue weighted by atomic mass is 16.6. The quantitative estimate of drug-likeness (QED) is 0.518. The fraction of sp³-hybridized carbons (Fsp3) is 0.0769. The summed E-state index contributed by atoms with van der Waals surface area (Å²) >= 11 is 0. The van der Waals surface area contributed by atoms with Crippen LogP contribution in [-0.4, -0.2) is 12.0 Å². The molecule has 6 nitrogen and oxygen atoms in total. The maximum absolute atomic E-state index is 10.6. The van der Waals surface area contributed by atoms with Gasteiger partial charge in [0.15, 0.2) is 0 Å². The number of nitro groups is 1. The van der Waals surface area contributed by atoms with Gasteiger partial charge in [0.1, 0.15) is 22.9 Å². The van der Waals surface area contributed by atoms with Gasteiger partial charge >= 0.3 is 0 Å². The number of hydrogen-bond acceptors (Lipinski definition) is 5. The number of rotatable bonds is 4. The van der Waals surface area contributed by atoms with Gasteiger partial charge in [-0.3, -0.25) is 10.1 Å². The van der Waals surface area contributed by atoms with Crippen molar-refractivity contribution in [1.82, 2.24) is 0 Å². The van der Waals surface area contributed by atoms with E-state index in [4.69, 9.17) is 15.2 Å². The first-order chi connectivity index (χ1) is 9.10. The summed E-state index contributed by atoms with van der Waals surface area (Å²) in [6.45, 7) is 0. The van der Waals surface area contributed by atoms with Crippen molar-refractivity contribution < 1.29 is 14.4 Å². The lowest BCUT2D eigenvalue weighted by atomic mass is 10.2. The lowest BCUT2D eigenvalue weighted by Crippen LogP contribution is -1.96. The van der Waals surface area contributed by atoms with Crippen LogP contribution in [0.5, 0.6) is 17.2 Å². The van der Waals surface area contributed by atoms with E-state index in [1.165, 1.54) is 18.2 Å². The van der Waals surface area contributed by atoms with Crippen molar-refractivity contribution >= 4 is 11.4 Å². The molecule has 0 aliphatic heterocycles. The zero-order chi connectivity index (χ0) is 13.8. The fourth-order valence-electron chi connectivity index (χ4n) is 1.54. The Bertz CT molecular complexity index is 596. The van der Waals surface area contributed by atoms with Gasteiger partial charge in [0.2, 0.25) is 0 Å². The van der Waals surface area contributed by atoms with Crippen molar-refractivity contribution in [2.75, 3.05) is 12.8 Å². The molecule has 19 heavy (non-hydrogen) atoms. The standard InChI is InChI=1S/C13H12N2O4/c1-18-9-2-4-10(5-3-9)19-11-6-7-13(15(16)17)12(14)8-11/h2-8H,14H2,1H3. The van der Waals surface area contributed by atoms with E-state index in [1.54, 1.807) is 31.4 Å². The number of nitrogen functional groups attached to an aromatic ring is 1. The highest BCUT2D eigenvalue weighted by Crippen LogP contribution is 2.29. The van der Waals surface area contributed by atoms with Crippen LogP contribution < -0.4 is 15.2 Å². The molecule has 0 radical (unpaired) electrons. The maximum Gasteiger partial charge on any atom is 0.292 e. The third-order valence-electron chi connectivity index (χ3n) is 2.49. The van der Waals surface area contributed by atoms with Crippen molar-refractivity contribution in [2.45, 2.75) is 0 Å². The SMILES string of the molecule is COc1ccc(Oc2ccc([N+](=O)[O-])c(N)c2)cc1. The van der Waals surface area contributed by atoms with Crippen LogP contribution in [0.3, 0.4) is 0 Å². The first kappa shape index (κ1) is 12.7. The molecule has 2 aromatic rings. The average Bonchev–Trinajstić information content (AvgIpc) is 2.39. The maximum atomic E-state index is 10.6. The van der Waals surface area contributed by atoms with E-state index in [9.17, 15) is 10.1 Å². The van der Waals surface area contributed by atoms with Gasteiger partial charge in [-0.2, -0.15) is 0 Å². The Morgan fingerprint density at radius 2 is 1.63 bits per heavy atom. The fourth-order valence-corrected chi connectivity index (χ4v) is 1.54. The number of anilines is 1. The van der Waals surface area contributed by atoms with Crippen molar-refractivity contribution in [3.05, 3.63) is 52.6 Å². The van der Waals surface area contributed by atoms with E-state index in [-0.39, 0.29) is 11.4 Å². The molecule has 0 saturated heterocycles. The van der Waals surface area contributed by atoms with Gasteiger partial charge in [-0.15, -0.1) is 0 Å². The van der Waals surface area contributed by atoms with Crippen LogP contribution in [0.4, 0.5) is 11.4 Å². The number of methoxy groups -OCH3 is 1. The highest BCUT2D eigenvalue weighted by molar-refractivity contribution is 5.61. The lowest BCUT2D eigenvalue weighted by Gasteiger charge is -2.07. The van der Waals surface area contributed by atoms with Gasteiger partial charge in [-0.1, -0.05) is 0 Å². The molecule has 0 saturated carbocycles. The Morgan fingerprint density at radius 3 is 2.16 bits per heavy atom. The molecule has 0 heterocycles. The van der Waals surface area contributed by atoms with E-state index in [0.717, 1.165) is 5.75 Å². The molecule has 0 amide bonds. The molecule has 0 bridgehead atoms. The molecule has 0 aliphatic carbocycles. The topological polar surface area (TPSA) is 87.6 Å². The van der Waals surface area contributed by atoms with Gasteiger partial charge in [-0.05, 0) is 30.3 Å². The molecule has 0 spiro atoms. The molecule has 98 valence electrons. The summed E-state index contributed by atoms with van der Waals surface area (Å²) in [5.41, 5.74) is 5.51. The second-order valence-electron chi connectivity index (χ2n) is 3.76. The van der Waals surface area contributed by atoms with Crippen molar-refractivity contribution in [3.8, 4) is 17.2 Å². The van der Waals surface area contributed by atoms with Crippen LogP contribution >= 0.6 is 0 Å². The lowest BCUT2D eigenvalue weighted by molar-refractivity contribution is -0.383. The summed E-state index contributed by atoms with van der Waals surface area (Å²) in [5.74, 6) is 1.75. The van der Waals surface area contributed by atoms with Crippen LogP contribution in [0.15, 0.2) is 42.5 Å². The van der Waals surface area contributed by atoms with E-state index in [1.807, 2.05) is 0 Å². The molecular weight excluding hydrogens is 248 g/mol. The molecule has 0 atom stereocenters. The molecule has 0 aromatic heterocycles. The third-order valence-corrected chi connectivity index (χ3v) is 2.49. The summed E-state index contributed by atoms with van der Waals surface area (Å²) in [5, 5.41) is 10.6. The number of nitro benzene ring substituents is 1. The first-order valence-electron chi connectivity index (χ1n) is 5.46. The molecule has 2 aromatic carbocycles. The van der Waals surface area contributed by atoms with Crippen LogP contribution in [0.25, 0.3) is 0 Å². The van der Waals surface area contributed by atoms with Gasteiger partial charge in [0, 0.05) is 12.1 Å². The summed E-state index contributed by atoms with van der Waals surface area (Å²) in [6.07, 6.45) is 0. The predicted octanol–water partition coefficient (Wildman–Crippen LogP) is 2.98. The summed E-state index contributed by atoms with van der Waals surface area (Å²) < 4.78 is 10.6. The van der Waals surface area contributed by atoms with Crippen LogP contribution in [-0.2, 0) is 0 Å². The van der Waals surface area contributed by atoms with Crippen LogP contribution in [0.1, 0.15) is 0 Å². The zero-order valence-corrected chi connectivity index (χ0v) is 10.2. The number of ether oxygens (including phenoxy) is 2. The summed E-state index contributed by atoms with van der Waals surface area (Å²) in [4.78, 5) is 10.1. The normalized spacial score (nSPS) is 9.95. The number of hydrogen-bond donors (Lipinski definition) is 1. The van der Waals surface area contributed by atoms with Gasteiger partial charge in [0.25, 0.3) is 5.69 Å². The number of benzene rings is 2. The Labute approximate surface area is 109 Å². The second-order valence-corrected chi connectivity index (χ2v) is 3.76. The minimum atomic E-state index is -0.535. The Morgan fingerprint density at radius 1 is 1.05 bits per heavy atom. The molecule has 6 heteroatoms. The molecule has 0 fully saturated rings. The minimum absolute atomic E-state index is 0.0658. The van der Waals surface area contributed by atoms with Gasteiger partial charge < -0.3 is 15.2 Å². The van der Waals surface area contributed by atoms with E-state index < -0.39 is 4.92 Å². The van der Waals surface area contributed by atoms with Gasteiger partial charge in [-0.25, -0.2) is 0 Å². The van der Waals surface area contributed by atoms with E-state index in [2.05, 4.69) is 0 Å². The zero-order valence-electron chi connectivity index (χ0n) is 10.2. The summed E-state index contributed by atoms with van der Waals surface area (Å²) in [6, 6.07) is 11.2. The highest BCUT2D eigenvalue weighted by Gasteiger charge is 2.11. The van der Waals surface area contributed by atoms with Crippen molar-refractivity contribution in [3.63, 3.8) is 0 Å².